The predicted molar refractivity (Wildman–Crippen MR) is 111 cm³/mol. The fourth-order valence-corrected chi connectivity index (χ4v) is 3.08. The molecule has 4 rings (SSSR count). The first kappa shape index (κ1) is 17.7. The molecular formula is C23H19N3O2. The van der Waals surface area contributed by atoms with E-state index in [2.05, 4.69) is 10.3 Å². The fourth-order valence-electron chi connectivity index (χ4n) is 3.08. The van der Waals surface area contributed by atoms with Crippen LogP contribution in [0.3, 0.4) is 0 Å². The van der Waals surface area contributed by atoms with Crippen molar-refractivity contribution in [3.05, 3.63) is 84.1 Å². The van der Waals surface area contributed by atoms with Crippen LogP contribution in [-0.2, 0) is 0 Å². The first-order valence-corrected chi connectivity index (χ1v) is 8.93. The summed E-state index contributed by atoms with van der Waals surface area (Å²) in [5.41, 5.74) is 3.80. The van der Waals surface area contributed by atoms with Crippen LogP contribution in [0.5, 0.6) is 5.75 Å². The summed E-state index contributed by atoms with van der Waals surface area (Å²) >= 11 is 0. The number of hydrogen-bond acceptors (Lipinski definition) is 4. The second kappa shape index (κ2) is 7.48. The van der Waals surface area contributed by atoms with Crippen LogP contribution < -0.4 is 10.1 Å². The second-order valence-corrected chi connectivity index (χ2v) is 6.43. The Morgan fingerprint density at radius 3 is 2.68 bits per heavy atom. The van der Waals surface area contributed by atoms with Crippen LogP contribution in [0.25, 0.3) is 22.2 Å². The van der Waals surface area contributed by atoms with E-state index in [1.807, 2.05) is 73.7 Å². The van der Waals surface area contributed by atoms with Gasteiger partial charge in [-0.15, -0.1) is 0 Å². The minimum Gasteiger partial charge on any atom is -0.497 e. The largest absolute Gasteiger partial charge is 0.497 e. The smallest absolute Gasteiger partial charge is 0.257 e. The van der Waals surface area contributed by atoms with E-state index >= 15 is 0 Å². The van der Waals surface area contributed by atoms with Crippen LogP contribution in [0, 0.1) is 6.92 Å². The van der Waals surface area contributed by atoms with Gasteiger partial charge in [0.05, 0.1) is 23.9 Å². The summed E-state index contributed by atoms with van der Waals surface area (Å²) in [5, 5.41) is 3.71. The van der Waals surface area contributed by atoms with Crippen molar-refractivity contribution in [3.8, 4) is 17.0 Å². The number of carbonyl (C=O) groups excluding carboxylic acids is 1. The number of benzene rings is 2. The van der Waals surface area contributed by atoms with E-state index in [0.717, 1.165) is 27.8 Å². The predicted octanol–water partition coefficient (Wildman–Crippen LogP) is 4.87. The number of rotatable bonds is 4. The van der Waals surface area contributed by atoms with Crippen molar-refractivity contribution in [3.63, 3.8) is 0 Å². The zero-order chi connectivity index (χ0) is 19.5. The fraction of sp³-hybridized carbons (Fsp3) is 0.0870. The van der Waals surface area contributed by atoms with Crippen molar-refractivity contribution in [2.75, 3.05) is 12.4 Å². The third kappa shape index (κ3) is 3.42. The summed E-state index contributed by atoms with van der Waals surface area (Å²) in [6.07, 6.45) is 1.66. The standard InChI is InChI=1S/C23H19N3O2/c1-15-7-6-12-24-22(15)26-23(27)19-14-21(16-8-5-9-17(13-16)28-2)25-20-11-4-3-10-18(19)20/h3-14H,1-2H3,(H,24,26,27). The Bertz CT molecular complexity index is 1170. The minimum absolute atomic E-state index is 0.218. The molecule has 0 atom stereocenters. The first-order chi connectivity index (χ1) is 13.7. The highest BCUT2D eigenvalue weighted by molar-refractivity contribution is 6.13. The summed E-state index contributed by atoms with van der Waals surface area (Å²) in [4.78, 5) is 22.1. The van der Waals surface area contributed by atoms with E-state index in [9.17, 15) is 4.79 Å². The molecule has 5 nitrogen and oxygen atoms in total. The molecule has 5 heteroatoms. The number of nitrogens with one attached hydrogen (secondary N) is 1. The van der Waals surface area contributed by atoms with Crippen LogP contribution in [-0.4, -0.2) is 23.0 Å². The molecule has 0 aliphatic rings. The van der Waals surface area contributed by atoms with Crippen LogP contribution >= 0.6 is 0 Å². The van der Waals surface area contributed by atoms with Crippen LogP contribution in [0.2, 0.25) is 0 Å². The molecule has 0 saturated heterocycles. The lowest BCUT2D eigenvalue weighted by Crippen LogP contribution is -2.15. The van der Waals surface area contributed by atoms with Crippen LogP contribution in [0.15, 0.2) is 72.9 Å². The lowest BCUT2D eigenvalue weighted by atomic mass is 10.0. The number of carbonyl (C=O) groups is 1. The van der Waals surface area contributed by atoms with Gasteiger partial charge < -0.3 is 10.1 Å². The maximum Gasteiger partial charge on any atom is 0.257 e. The van der Waals surface area contributed by atoms with E-state index < -0.39 is 0 Å². The van der Waals surface area contributed by atoms with Crippen molar-refractivity contribution >= 4 is 22.6 Å². The number of aryl methyl sites for hydroxylation is 1. The van der Waals surface area contributed by atoms with E-state index in [1.165, 1.54) is 0 Å². The Morgan fingerprint density at radius 2 is 1.86 bits per heavy atom. The van der Waals surface area contributed by atoms with Gasteiger partial charge in [-0.05, 0) is 42.8 Å². The number of nitrogens with zero attached hydrogens (tertiary/aromatic N) is 2. The maximum absolute atomic E-state index is 13.1. The van der Waals surface area contributed by atoms with Crippen molar-refractivity contribution in [1.82, 2.24) is 9.97 Å². The average molecular weight is 369 g/mol. The molecule has 1 N–H and O–H groups in total. The Labute approximate surface area is 163 Å². The summed E-state index contributed by atoms with van der Waals surface area (Å²) in [6.45, 7) is 1.91. The Morgan fingerprint density at radius 1 is 1.00 bits per heavy atom. The number of para-hydroxylation sites is 1. The number of methoxy groups -OCH3 is 1. The highest BCUT2D eigenvalue weighted by Crippen LogP contribution is 2.27. The third-order valence-corrected chi connectivity index (χ3v) is 4.57. The Kier molecular flexibility index (Phi) is 4.72. The van der Waals surface area contributed by atoms with Gasteiger partial charge in [0.1, 0.15) is 11.6 Å². The molecule has 0 aliphatic heterocycles. The molecule has 2 heterocycles. The topological polar surface area (TPSA) is 64.1 Å². The molecule has 28 heavy (non-hydrogen) atoms. The minimum atomic E-state index is -0.218. The number of fused-ring (bicyclic) bond motifs is 1. The van der Waals surface area contributed by atoms with Gasteiger partial charge in [-0.2, -0.15) is 0 Å². The van der Waals surface area contributed by atoms with Gasteiger partial charge >= 0.3 is 0 Å². The molecule has 2 aromatic carbocycles. The quantitative estimate of drug-likeness (QED) is 0.558. The number of amides is 1. The third-order valence-electron chi connectivity index (χ3n) is 4.57. The Hall–Kier alpha value is -3.73. The molecule has 0 bridgehead atoms. The summed E-state index contributed by atoms with van der Waals surface area (Å²) in [7, 11) is 1.63. The molecule has 0 unspecified atom stereocenters. The lowest BCUT2D eigenvalue weighted by molar-refractivity contribution is 0.102. The molecule has 0 fully saturated rings. The average Bonchev–Trinajstić information content (AvgIpc) is 2.74. The van der Waals surface area contributed by atoms with Gasteiger partial charge in [0, 0.05) is 17.1 Å². The molecule has 0 saturated carbocycles. The number of anilines is 1. The molecule has 4 aromatic rings. The monoisotopic (exact) mass is 369 g/mol. The molecule has 2 aromatic heterocycles. The molecule has 138 valence electrons. The van der Waals surface area contributed by atoms with E-state index in [4.69, 9.17) is 9.72 Å². The lowest BCUT2D eigenvalue weighted by Gasteiger charge is -2.12. The summed E-state index contributed by atoms with van der Waals surface area (Å²) in [6, 6.07) is 20.8. The van der Waals surface area contributed by atoms with Gasteiger partial charge in [-0.3, -0.25) is 4.79 Å². The second-order valence-electron chi connectivity index (χ2n) is 6.43. The number of pyridine rings is 2. The number of hydrogen-bond donors (Lipinski definition) is 1. The van der Waals surface area contributed by atoms with Gasteiger partial charge in [-0.25, -0.2) is 9.97 Å². The number of ether oxygens (including phenoxy) is 1. The highest BCUT2D eigenvalue weighted by Gasteiger charge is 2.15. The van der Waals surface area contributed by atoms with E-state index in [0.29, 0.717) is 17.1 Å². The molecular weight excluding hydrogens is 350 g/mol. The highest BCUT2D eigenvalue weighted by atomic mass is 16.5. The van der Waals surface area contributed by atoms with Crippen molar-refractivity contribution < 1.29 is 9.53 Å². The van der Waals surface area contributed by atoms with Gasteiger partial charge in [0.25, 0.3) is 5.91 Å². The zero-order valence-corrected chi connectivity index (χ0v) is 15.6. The summed E-state index contributed by atoms with van der Waals surface area (Å²) in [5.74, 6) is 1.07. The first-order valence-electron chi connectivity index (χ1n) is 8.93. The molecule has 0 aliphatic carbocycles. The van der Waals surface area contributed by atoms with Gasteiger partial charge in [0.2, 0.25) is 0 Å². The number of aromatic nitrogens is 2. The zero-order valence-electron chi connectivity index (χ0n) is 15.6. The van der Waals surface area contributed by atoms with Gasteiger partial charge in [-0.1, -0.05) is 36.4 Å². The van der Waals surface area contributed by atoms with Crippen LogP contribution in [0.4, 0.5) is 5.82 Å². The maximum atomic E-state index is 13.1. The van der Waals surface area contributed by atoms with Gasteiger partial charge in [0.15, 0.2) is 0 Å². The SMILES string of the molecule is COc1cccc(-c2cc(C(=O)Nc3ncccc3C)c3ccccc3n2)c1. The molecule has 0 spiro atoms. The van der Waals surface area contributed by atoms with Crippen LogP contribution in [0.1, 0.15) is 15.9 Å². The van der Waals surface area contributed by atoms with Crippen molar-refractivity contribution in [1.29, 1.82) is 0 Å². The van der Waals surface area contributed by atoms with Crippen molar-refractivity contribution in [2.24, 2.45) is 0 Å². The Balaban J connectivity index is 1.82. The van der Waals surface area contributed by atoms with E-state index in [-0.39, 0.29) is 5.91 Å². The molecule has 1 amide bonds. The van der Waals surface area contributed by atoms with E-state index in [1.54, 1.807) is 13.3 Å². The van der Waals surface area contributed by atoms with Crippen molar-refractivity contribution in [2.45, 2.75) is 6.92 Å². The molecule has 0 radical (unpaired) electrons. The summed E-state index contributed by atoms with van der Waals surface area (Å²) < 4.78 is 5.32. The normalized spacial score (nSPS) is 10.6.